The Bertz CT molecular complexity index is 632. The molecule has 6 heteroatoms. The summed E-state index contributed by atoms with van der Waals surface area (Å²) in [5, 5.41) is 8.61. The molecule has 2 rings (SSSR count). The first kappa shape index (κ1) is 18.1. The summed E-state index contributed by atoms with van der Waals surface area (Å²) >= 11 is 0. The lowest BCUT2D eigenvalue weighted by Crippen LogP contribution is -1.89. The summed E-state index contributed by atoms with van der Waals surface area (Å²) in [7, 11) is 3.87. The summed E-state index contributed by atoms with van der Waals surface area (Å²) in [6.45, 7) is 5.78. The van der Waals surface area contributed by atoms with Crippen molar-refractivity contribution in [2.24, 2.45) is 24.1 Å². The Labute approximate surface area is 144 Å². The summed E-state index contributed by atoms with van der Waals surface area (Å²) in [5.74, 6) is 0. The number of aromatic nitrogens is 4. The van der Waals surface area contributed by atoms with Crippen LogP contribution in [0.1, 0.15) is 48.2 Å². The molecule has 2 heterocycles. The molecule has 0 aromatic carbocycles. The van der Waals surface area contributed by atoms with E-state index >= 15 is 0 Å². The second-order valence-electron chi connectivity index (χ2n) is 6.17. The fraction of sp³-hybridized carbons (Fsp3) is 0.556. The number of hydrogen-bond donors (Lipinski definition) is 0. The van der Waals surface area contributed by atoms with E-state index in [0.29, 0.717) is 0 Å². The van der Waals surface area contributed by atoms with E-state index in [4.69, 9.17) is 0 Å². The first-order valence-corrected chi connectivity index (χ1v) is 8.56. The minimum atomic E-state index is 0.881. The monoisotopic (exact) mass is 328 g/mol. The van der Waals surface area contributed by atoms with E-state index in [2.05, 4.69) is 20.2 Å². The zero-order valence-corrected chi connectivity index (χ0v) is 15.2. The largest absolute Gasteiger partial charge is 0.292 e. The van der Waals surface area contributed by atoms with Crippen molar-refractivity contribution >= 4 is 12.4 Å². The molecule has 0 amide bonds. The molecule has 24 heavy (non-hydrogen) atoms. The van der Waals surface area contributed by atoms with Crippen molar-refractivity contribution in [2.75, 3.05) is 13.1 Å². The van der Waals surface area contributed by atoms with Crippen molar-refractivity contribution in [3.8, 4) is 0 Å². The van der Waals surface area contributed by atoms with Crippen molar-refractivity contribution in [1.82, 2.24) is 19.6 Å². The minimum absolute atomic E-state index is 0.881. The topological polar surface area (TPSA) is 60.4 Å². The van der Waals surface area contributed by atoms with Crippen molar-refractivity contribution in [1.29, 1.82) is 0 Å². The van der Waals surface area contributed by atoms with Gasteiger partial charge in [0.1, 0.15) is 0 Å². The second-order valence-corrected chi connectivity index (χ2v) is 6.17. The lowest BCUT2D eigenvalue weighted by molar-refractivity contribution is 0.655. The van der Waals surface area contributed by atoms with Crippen molar-refractivity contribution in [2.45, 2.75) is 39.5 Å². The van der Waals surface area contributed by atoms with Gasteiger partial charge in [0.15, 0.2) is 0 Å². The maximum Gasteiger partial charge on any atom is 0.0681 e. The van der Waals surface area contributed by atoms with Crippen LogP contribution in [0.3, 0.4) is 0 Å². The Morgan fingerprint density at radius 1 is 0.792 bits per heavy atom. The van der Waals surface area contributed by atoms with E-state index < -0.39 is 0 Å². The van der Waals surface area contributed by atoms with Gasteiger partial charge in [0.25, 0.3) is 0 Å². The average Bonchev–Trinajstić information content (AvgIpc) is 3.02. The molecule has 2 aromatic heterocycles. The lowest BCUT2D eigenvalue weighted by Gasteiger charge is -1.97. The molecule has 6 nitrogen and oxygen atoms in total. The maximum absolute atomic E-state index is 4.48. The van der Waals surface area contributed by atoms with Crippen LogP contribution in [0.5, 0.6) is 0 Å². The Morgan fingerprint density at radius 2 is 1.21 bits per heavy atom. The Balaban J connectivity index is 1.54. The zero-order chi connectivity index (χ0) is 17.4. The van der Waals surface area contributed by atoms with E-state index in [-0.39, 0.29) is 0 Å². The van der Waals surface area contributed by atoms with Crippen molar-refractivity contribution in [3.63, 3.8) is 0 Å². The van der Waals surface area contributed by atoms with Gasteiger partial charge in [-0.2, -0.15) is 10.2 Å². The van der Waals surface area contributed by atoms with Gasteiger partial charge in [-0.3, -0.25) is 19.3 Å². The van der Waals surface area contributed by atoms with Gasteiger partial charge in [-0.05, 0) is 26.7 Å². The summed E-state index contributed by atoms with van der Waals surface area (Å²) < 4.78 is 3.65. The highest BCUT2D eigenvalue weighted by Gasteiger charge is 1.99. The Morgan fingerprint density at radius 3 is 1.54 bits per heavy atom. The Hall–Kier alpha value is -2.24. The molecule has 0 N–H and O–H groups in total. The lowest BCUT2D eigenvalue weighted by atomic mass is 10.2. The third-order valence-corrected chi connectivity index (χ3v) is 3.89. The van der Waals surface area contributed by atoms with E-state index in [1.54, 1.807) is 0 Å². The predicted octanol–water partition coefficient (Wildman–Crippen LogP) is 2.87. The molecule has 0 atom stereocenters. The van der Waals surface area contributed by atoms with Crippen LogP contribution in [0.25, 0.3) is 0 Å². The molecule has 0 saturated carbocycles. The first-order valence-electron chi connectivity index (χ1n) is 8.56. The van der Waals surface area contributed by atoms with Gasteiger partial charge in [-0.15, -0.1) is 0 Å². The normalized spacial score (nSPS) is 12.0. The number of unbranched alkanes of at least 4 members (excludes halogenated alkanes) is 3. The average molecular weight is 328 g/mol. The smallest absolute Gasteiger partial charge is 0.0681 e. The number of aryl methyl sites for hydroxylation is 4. The molecule has 0 saturated heterocycles. The third kappa shape index (κ3) is 5.76. The minimum Gasteiger partial charge on any atom is -0.292 e. The number of rotatable bonds is 9. The van der Waals surface area contributed by atoms with Crippen LogP contribution in [0, 0.1) is 13.8 Å². The molecule has 0 aliphatic rings. The van der Waals surface area contributed by atoms with Crippen molar-refractivity contribution < 1.29 is 0 Å². The van der Waals surface area contributed by atoms with Crippen LogP contribution in [0.15, 0.2) is 22.4 Å². The van der Waals surface area contributed by atoms with Crippen LogP contribution < -0.4 is 0 Å². The standard InChI is InChI=1S/C18H28N6/c1-15-17(13-23(3)21-15)11-19-9-7-5-6-8-10-20-12-18-14-24(4)22-16(18)2/h11-14H,5-10H2,1-4H3. The van der Waals surface area contributed by atoms with E-state index in [1.807, 2.05) is 62.1 Å². The van der Waals surface area contributed by atoms with Gasteiger partial charge in [-0.25, -0.2) is 0 Å². The molecule has 0 fully saturated rings. The highest BCUT2D eigenvalue weighted by Crippen LogP contribution is 2.04. The van der Waals surface area contributed by atoms with Gasteiger partial charge in [0.05, 0.1) is 11.4 Å². The van der Waals surface area contributed by atoms with Crippen LogP contribution in [-0.2, 0) is 14.1 Å². The zero-order valence-electron chi connectivity index (χ0n) is 15.2. The van der Waals surface area contributed by atoms with E-state index in [0.717, 1.165) is 48.4 Å². The summed E-state index contributed by atoms with van der Waals surface area (Å²) in [4.78, 5) is 8.97. The predicted molar refractivity (Wildman–Crippen MR) is 99.3 cm³/mol. The molecule has 0 aliphatic heterocycles. The molecule has 0 bridgehead atoms. The fourth-order valence-electron chi connectivity index (χ4n) is 2.57. The SMILES string of the molecule is Cc1nn(C)cc1C=NCCCCCCN=Cc1cn(C)nc1C. The second kappa shape index (κ2) is 9.15. The number of aliphatic imine (C=N–C) groups is 2. The van der Waals surface area contributed by atoms with Crippen LogP contribution in [0.4, 0.5) is 0 Å². The van der Waals surface area contributed by atoms with Gasteiger partial charge < -0.3 is 0 Å². The summed E-state index contributed by atoms with van der Waals surface area (Å²) in [6, 6.07) is 0. The van der Waals surface area contributed by atoms with Crippen molar-refractivity contribution in [3.05, 3.63) is 34.9 Å². The highest BCUT2D eigenvalue weighted by molar-refractivity contribution is 5.81. The summed E-state index contributed by atoms with van der Waals surface area (Å²) in [5.41, 5.74) is 4.28. The summed E-state index contributed by atoms with van der Waals surface area (Å²) in [6.07, 6.45) is 12.5. The molecule has 0 radical (unpaired) electrons. The number of hydrogen-bond acceptors (Lipinski definition) is 4. The van der Waals surface area contributed by atoms with Crippen LogP contribution >= 0.6 is 0 Å². The van der Waals surface area contributed by atoms with E-state index in [1.165, 1.54) is 12.8 Å². The van der Waals surface area contributed by atoms with Crippen LogP contribution in [-0.4, -0.2) is 45.1 Å². The van der Waals surface area contributed by atoms with Gasteiger partial charge in [0, 0.05) is 63.1 Å². The van der Waals surface area contributed by atoms with Crippen LogP contribution in [0.2, 0.25) is 0 Å². The van der Waals surface area contributed by atoms with Gasteiger partial charge in [-0.1, -0.05) is 12.8 Å². The molecular weight excluding hydrogens is 300 g/mol. The van der Waals surface area contributed by atoms with E-state index in [9.17, 15) is 0 Å². The first-order chi connectivity index (χ1) is 11.6. The number of nitrogens with zero attached hydrogens (tertiary/aromatic N) is 6. The Kier molecular flexibility index (Phi) is 6.90. The molecule has 0 spiro atoms. The van der Waals surface area contributed by atoms with Gasteiger partial charge >= 0.3 is 0 Å². The molecule has 2 aromatic rings. The molecule has 0 aliphatic carbocycles. The maximum atomic E-state index is 4.48. The third-order valence-electron chi connectivity index (χ3n) is 3.89. The van der Waals surface area contributed by atoms with Gasteiger partial charge in [0.2, 0.25) is 0 Å². The molecule has 130 valence electrons. The molecular formula is C18H28N6. The highest BCUT2D eigenvalue weighted by atomic mass is 15.3. The fourth-order valence-corrected chi connectivity index (χ4v) is 2.57. The quantitative estimate of drug-likeness (QED) is 0.525. The molecule has 0 unspecified atom stereocenters.